The lowest BCUT2D eigenvalue weighted by Gasteiger charge is -2.35. The van der Waals surface area contributed by atoms with Crippen molar-refractivity contribution in [3.8, 4) is 0 Å². The molecule has 0 atom stereocenters. The van der Waals surface area contributed by atoms with Gasteiger partial charge in [-0.15, -0.1) is 0 Å². The summed E-state index contributed by atoms with van der Waals surface area (Å²) in [4.78, 5) is 51.0. The topological polar surface area (TPSA) is 110 Å². The Morgan fingerprint density at radius 2 is 1.37 bits per heavy atom. The number of aryl methyl sites for hydroxylation is 1. The van der Waals surface area contributed by atoms with Crippen molar-refractivity contribution < 1.29 is 24.0 Å². The molecule has 1 aliphatic heterocycles. The predicted octanol–water partition coefficient (Wildman–Crippen LogP) is 2.29. The Kier molecular flexibility index (Phi) is 6.10. The van der Waals surface area contributed by atoms with E-state index in [-0.39, 0.29) is 35.8 Å². The molecule has 9 nitrogen and oxygen atoms in total. The number of methoxy groups -OCH3 is 1. The second-order valence-electron chi connectivity index (χ2n) is 6.97. The van der Waals surface area contributed by atoms with Crippen LogP contribution < -0.4 is 0 Å². The molecule has 0 saturated carbocycles. The molecule has 0 radical (unpaired) electrons. The summed E-state index contributed by atoms with van der Waals surface area (Å²) in [7, 11) is 1.16. The van der Waals surface area contributed by atoms with Gasteiger partial charge in [0.15, 0.2) is 0 Å². The predicted molar refractivity (Wildman–Crippen MR) is 107 cm³/mol. The van der Waals surface area contributed by atoms with Crippen LogP contribution in [-0.4, -0.2) is 65.8 Å². The van der Waals surface area contributed by atoms with Gasteiger partial charge >= 0.3 is 5.97 Å². The summed E-state index contributed by atoms with van der Waals surface area (Å²) in [5.41, 5.74) is 1.24. The van der Waals surface area contributed by atoms with Crippen LogP contribution in [0.5, 0.6) is 0 Å². The minimum Gasteiger partial charge on any atom is -0.465 e. The van der Waals surface area contributed by atoms with Gasteiger partial charge in [0.1, 0.15) is 0 Å². The molecule has 9 heteroatoms. The average molecular weight is 411 g/mol. The number of amides is 2. The number of benzene rings is 2. The normalized spacial score (nSPS) is 13.7. The Morgan fingerprint density at radius 1 is 0.867 bits per heavy atom. The molecule has 30 heavy (non-hydrogen) atoms. The highest BCUT2D eigenvalue weighted by Crippen LogP contribution is 2.20. The molecule has 0 aromatic heterocycles. The fourth-order valence-electron chi connectivity index (χ4n) is 3.25. The van der Waals surface area contributed by atoms with Gasteiger partial charge in [-0.25, -0.2) is 4.79 Å². The maximum Gasteiger partial charge on any atom is 0.338 e. The van der Waals surface area contributed by atoms with Crippen LogP contribution in [0.1, 0.15) is 36.6 Å². The molecule has 2 aromatic rings. The Balaban J connectivity index is 1.72. The van der Waals surface area contributed by atoms with Crippen LogP contribution >= 0.6 is 0 Å². The number of rotatable bonds is 4. The SMILES string of the molecule is COC(=O)c1cc(C(=O)N2CCN(C(=O)c3ccc(C)cc3)CC2)cc([N+](=O)[O-])c1. The largest absolute Gasteiger partial charge is 0.465 e. The first-order valence-electron chi connectivity index (χ1n) is 9.33. The zero-order valence-corrected chi connectivity index (χ0v) is 16.7. The van der Waals surface area contributed by atoms with Gasteiger partial charge in [-0.3, -0.25) is 19.7 Å². The number of hydrogen-bond acceptors (Lipinski definition) is 6. The summed E-state index contributed by atoms with van der Waals surface area (Å²) in [6.45, 7) is 3.20. The Morgan fingerprint density at radius 3 is 1.87 bits per heavy atom. The lowest BCUT2D eigenvalue weighted by molar-refractivity contribution is -0.384. The second-order valence-corrected chi connectivity index (χ2v) is 6.97. The van der Waals surface area contributed by atoms with Crippen molar-refractivity contribution >= 4 is 23.5 Å². The monoisotopic (exact) mass is 411 g/mol. The molecular weight excluding hydrogens is 390 g/mol. The van der Waals surface area contributed by atoms with Gasteiger partial charge in [0.05, 0.1) is 17.6 Å². The molecule has 0 unspecified atom stereocenters. The number of non-ortho nitro benzene ring substituents is 1. The molecule has 3 rings (SSSR count). The smallest absolute Gasteiger partial charge is 0.338 e. The average Bonchev–Trinajstić information content (AvgIpc) is 2.77. The molecule has 1 saturated heterocycles. The van der Waals surface area contributed by atoms with Crippen molar-refractivity contribution in [1.29, 1.82) is 0 Å². The van der Waals surface area contributed by atoms with Crippen LogP contribution in [0.15, 0.2) is 42.5 Å². The zero-order valence-electron chi connectivity index (χ0n) is 16.7. The molecule has 1 heterocycles. The summed E-state index contributed by atoms with van der Waals surface area (Å²) < 4.78 is 4.61. The van der Waals surface area contributed by atoms with Crippen LogP contribution in [0.2, 0.25) is 0 Å². The molecule has 2 aromatic carbocycles. The van der Waals surface area contributed by atoms with Gasteiger partial charge in [-0.05, 0) is 25.1 Å². The van der Waals surface area contributed by atoms with Crippen molar-refractivity contribution in [2.45, 2.75) is 6.92 Å². The Labute approximate surface area is 173 Å². The quantitative estimate of drug-likeness (QED) is 0.434. The first kappa shape index (κ1) is 21.0. The molecule has 0 bridgehead atoms. The van der Waals surface area contributed by atoms with Crippen molar-refractivity contribution in [3.63, 3.8) is 0 Å². The van der Waals surface area contributed by atoms with E-state index < -0.39 is 16.8 Å². The maximum absolute atomic E-state index is 12.9. The van der Waals surface area contributed by atoms with Gasteiger partial charge < -0.3 is 14.5 Å². The first-order chi connectivity index (χ1) is 14.3. The van der Waals surface area contributed by atoms with Crippen LogP contribution in [0, 0.1) is 17.0 Å². The first-order valence-corrected chi connectivity index (χ1v) is 9.33. The Hall–Kier alpha value is -3.75. The van der Waals surface area contributed by atoms with E-state index in [1.54, 1.807) is 17.0 Å². The van der Waals surface area contributed by atoms with Gasteiger partial charge in [0.2, 0.25) is 0 Å². The molecule has 0 spiro atoms. The number of esters is 1. The van der Waals surface area contributed by atoms with Crippen LogP contribution in [-0.2, 0) is 4.74 Å². The highest BCUT2D eigenvalue weighted by Gasteiger charge is 2.27. The van der Waals surface area contributed by atoms with E-state index >= 15 is 0 Å². The van der Waals surface area contributed by atoms with E-state index in [0.29, 0.717) is 18.7 Å². The lowest BCUT2D eigenvalue weighted by Crippen LogP contribution is -2.50. The summed E-state index contributed by atoms with van der Waals surface area (Å²) >= 11 is 0. The van der Waals surface area contributed by atoms with Crippen molar-refractivity contribution in [2.24, 2.45) is 0 Å². The van der Waals surface area contributed by atoms with E-state index in [1.807, 2.05) is 19.1 Å². The number of nitro benzene ring substituents is 1. The maximum atomic E-state index is 12.9. The molecule has 2 amide bonds. The number of piperazine rings is 1. The third-order valence-corrected chi connectivity index (χ3v) is 4.95. The molecule has 156 valence electrons. The van der Waals surface area contributed by atoms with Crippen LogP contribution in [0.25, 0.3) is 0 Å². The third-order valence-electron chi connectivity index (χ3n) is 4.95. The van der Waals surface area contributed by atoms with Gasteiger partial charge in [-0.2, -0.15) is 0 Å². The standard InChI is InChI=1S/C21H21N3O6/c1-14-3-5-15(6-4-14)19(25)22-7-9-23(10-8-22)20(26)16-11-17(21(27)30-2)13-18(12-16)24(28)29/h3-6,11-13H,7-10H2,1-2H3. The highest BCUT2D eigenvalue weighted by atomic mass is 16.6. The number of carbonyl (C=O) groups is 3. The number of nitro groups is 1. The lowest BCUT2D eigenvalue weighted by atomic mass is 10.1. The fourth-order valence-corrected chi connectivity index (χ4v) is 3.25. The number of hydrogen-bond donors (Lipinski definition) is 0. The van der Waals surface area contributed by atoms with Gasteiger partial charge in [0.25, 0.3) is 17.5 Å². The van der Waals surface area contributed by atoms with Gasteiger partial charge in [0, 0.05) is 49.4 Å². The minimum absolute atomic E-state index is 0.0305. The zero-order chi connectivity index (χ0) is 21.8. The molecular formula is C21H21N3O6. The number of ether oxygens (including phenoxy) is 1. The van der Waals surface area contributed by atoms with Crippen LogP contribution in [0.4, 0.5) is 5.69 Å². The van der Waals surface area contributed by atoms with Crippen molar-refractivity contribution in [1.82, 2.24) is 9.80 Å². The summed E-state index contributed by atoms with van der Waals surface area (Å²) in [5.74, 6) is -1.31. The molecule has 1 aliphatic rings. The van der Waals surface area contributed by atoms with Crippen LogP contribution in [0.3, 0.4) is 0 Å². The van der Waals surface area contributed by atoms with Crippen molar-refractivity contribution in [2.75, 3.05) is 33.3 Å². The summed E-state index contributed by atoms with van der Waals surface area (Å²) in [5, 5.41) is 11.2. The molecule has 0 aliphatic carbocycles. The van der Waals surface area contributed by atoms with E-state index in [2.05, 4.69) is 4.74 Å². The fraction of sp³-hybridized carbons (Fsp3) is 0.286. The second kappa shape index (κ2) is 8.73. The molecule has 1 fully saturated rings. The Bertz CT molecular complexity index is 994. The third kappa shape index (κ3) is 4.45. The highest BCUT2D eigenvalue weighted by molar-refractivity contribution is 5.99. The van der Waals surface area contributed by atoms with E-state index in [4.69, 9.17) is 0 Å². The summed E-state index contributed by atoms with van der Waals surface area (Å²) in [6, 6.07) is 10.8. The number of carbonyl (C=O) groups excluding carboxylic acids is 3. The number of nitrogens with zero attached hydrogens (tertiary/aromatic N) is 3. The minimum atomic E-state index is -0.763. The van der Waals surface area contributed by atoms with E-state index in [0.717, 1.165) is 24.8 Å². The van der Waals surface area contributed by atoms with E-state index in [1.165, 1.54) is 11.0 Å². The molecule has 0 N–H and O–H groups in total. The summed E-state index contributed by atoms with van der Waals surface area (Å²) in [6.07, 6.45) is 0. The van der Waals surface area contributed by atoms with Crippen molar-refractivity contribution in [3.05, 3.63) is 74.8 Å². The van der Waals surface area contributed by atoms with Gasteiger partial charge in [-0.1, -0.05) is 17.7 Å². The van der Waals surface area contributed by atoms with E-state index in [9.17, 15) is 24.5 Å².